The van der Waals surface area contributed by atoms with Gasteiger partial charge in [-0.05, 0) is 66.1 Å². The highest BCUT2D eigenvalue weighted by Crippen LogP contribution is 2.45. The van der Waals surface area contributed by atoms with Crippen LogP contribution in [0, 0.1) is 5.41 Å². The van der Waals surface area contributed by atoms with Gasteiger partial charge in [-0.1, -0.05) is 12.1 Å². The predicted molar refractivity (Wildman–Crippen MR) is 97.5 cm³/mol. The second kappa shape index (κ2) is 6.88. The van der Waals surface area contributed by atoms with Crippen molar-refractivity contribution >= 4 is 11.8 Å². The fourth-order valence-electron chi connectivity index (χ4n) is 4.50. The lowest BCUT2D eigenvalue weighted by Gasteiger charge is -2.24. The standard InChI is InChI=1S/C21H19F3N2O3/c22-21(23,24)15-6-4-13(5-7-15)19(28)26-9-8-20(12-26)10-14-2-1-3-16(17(14)11-20)18(27)25-29/h1-7,29H,8-12H2,(H,25,27). The Hall–Kier alpha value is -2.87. The molecule has 2 amide bonds. The molecule has 4 rings (SSSR count). The lowest BCUT2D eigenvalue weighted by Crippen LogP contribution is -2.32. The fourth-order valence-corrected chi connectivity index (χ4v) is 4.50. The van der Waals surface area contributed by atoms with Gasteiger partial charge in [0.15, 0.2) is 0 Å². The molecule has 1 spiro atoms. The lowest BCUT2D eigenvalue weighted by atomic mass is 9.84. The minimum atomic E-state index is -4.44. The molecule has 1 atom stereocenters. The van der Waals surface area contributed by atoms with Gasteiger partial charge >= 0.3 is 6.18 Å². The van der Waals surface area contributed by atoms with Crippen molar-refractivity contribution in [3.63, 3.8) is 0 Å². The molecular formula is C21H19F3N2O3. The van der Waals surface area contributed by atoms with Gasteiger partial charge in [0.05, 0.1) is 5.56 Å². The van der Waals surface area contributed by atoms with Gasteiger partial charge in [0, 0.05) is 24.2 Å². The average molecular weight is 404 g/mol. The zero-order valence-electron chi connectivity index (χ0n) is 15.4. The number of benzene rings is 2. The van der Waals surface area contributed by atoms with Crippen LogP contribution in [0.25, 0.3) is 0 Å². The van der Waals surface area contributed by atoms with E-state index in [2.05, 4.69) is 0 Å². The Balaban J connectivity index is 1.51. The normalized spacial score (nSPS) is 20.8. The Morgan fingerprint density at radius 3 is 2.45 bits per heavy atom. The summed E-state index contributed by atoms with van der Waals surface area (Å²) in [7, 11) is 0. The van der Waals surface area contributed by atoms with Crippen LogP contribution < -0.4 is 5.48 Å². The number of hydrogen-bond donors (Lipinski definition) is 2. The maximum absolute atomic E-state index is 12.8. The second-order valence-corrected chi connectivity index (χ2v) is 7.79. The van der Waals surface area contributed by atoms with E-state index in [0.29, 0.717) is 31.5 Å². The Bertz CT molecular complexity index is 972. The van der Waals surface area contributed by atoms with Gasteiger partial charge in [0.2, 0.25) is 0 Å². The van der Waals surface area contributed by atoms with Crippen molar-refractivity contribution in [3.8, 4) is 0 Å². The van der Waals surface area contributed by atoms with E-state index in [1.807, 2.05) is 6.07 Å². The number of rotatable bonds is 2. The summed E-state index contributed by atoms with van der Waals surface area (Å²) in [6, 6.07) is 9.63. The SMILES string of the molecule is O=C(NO)c1cccc2c1CC1(CCN(C(=O)c3ccc(C(F)(F)F)cc3)C1)C2. The third kappa shape index (κ3) is 3.48. The molecule has 5 nitrogen and oxygen atoms in total. The number of halogens is 3. The molecule has 0 saturated carbocycles. The molecule has 1 fully saturated rings. The summed E-state index contributed by atoms with van der Waals surface area (Å²) in [6.07, 6.45) is -2.36. The monoisotopic (exact) mass is 404 g/mol. The highest BCUT2D eigenvalue weighted by Gasteiger charge is 2.45. The first kappa shape index (κ1) is 19.4. The largest absolute Gasteiger partial charge is 0.416 e. The van der Waals surface area contributed by atoms with Crippen LogP contribution >= 0.6 is 0 Å². The summed E-state index contributed by atoms with van der Waals surface area (Å²) < 4.78 is 38.2. The van der Waals surface area contributed by atoms with E-state index in [9.17, 15) is 22.8 Å². The molecular weight excluding hydrogens is 385 g/mol. The quantitative estimate of drug-likeness (QED) is 0.595. The first-order valence-corrected chi connectivity index (χ1v) is 9.24. The Morgan fingerprint density at radius 2 is 1.79 bits per heavy atom. The predicted octanol–water partition coefficient (Wildman–Crippen LogP) is 3.46. The lowest BCUT2D eigenvalue weighted by molar-refractivity contribution is -0.137. The zero-order chi connectivity index (χ0) is 20.8. The van der Waals surface area contributed by atoms with Crippen molar-refractivity contribution in [3.05, 3.63) is 70.3 Å². The van der Waals surface area contributed by atoms with E-state index >= 15 is 0 Å². The zero-order valence-corrected chi connectivity index (χ0v) is 15.4. The fraction of sp³-hybridized carbons (Fsp3) is 0.333. The molecule has 2 aliphatic rings. The Kier molecular flexibility index (Phi) is 4.61. The van der Waals surface area contributed by atoms with Gasteiger partial charge in [-0.2, -0.15) is 13.2 Å². The molecule has 8 heteroatoms. The molecule has 1 aliphatic carbocycles. The van der Waals surface area contributed by atoms with E-state index in [1.54, 1.807) is 22.5 Å². The van der Waals surface area contributed by atoms with Crippen molar-refractivity contribution in [2.75, 3.05) is 13.1 Å². The van der Waals surface area contributed by atoms with Crippen molar-refractivity contribution < 1.29 is 28.0 Å². The van der Waals surface area contributed by atoms with Crippen LogP contribution in [0.3, 0.4) is 0 Å². The molecule has 1 heterocycles. The molecule has 1 unspecified atom stereocenters. The van der Waals surface area contributed by atoms with E-state index in [4.69, 9.17) is 5.21 Å². The number of alkyl halides is 3. The van der Waals surface area contributed by atoms with Crippen LogP contribution in [0.15, 0.2) is 42.5 Å². The van der Waals surface area contributed by atoms with E-state index < -0.39 is 17.6 Å². The molecule has 0 aromatic heterocycles. The van der Waals surface area contributed by atoms with Gasteiger partial charge in [0.1, 0.15) is 0 Å². The number of carbonyl (C=O) groups is 2. The Morgan fingerprint density at radius 1 is 1.07 bits per heavy atom. The number of hydrogen-bond acceptors (Lipinski definition) is 3. The topological polar surface area (TPSA) is 69.6 Å². The number of nitrogens with one attached hydrogen (secondary N) is 1. The van der Waals surface area contributed by atoms with Gasteiger partial charge < -0.3 is 4.90 Å². The van der Waals surface area contributed by atoms with Gasteiger partial charge in [-0.15, -0.1) is 0 Å². The average Bonchev–Trinajstić information content (AvgIpc) is 3.28. The van der Waals surface area contributed by atoms with Crippen LogP contribution in [0.5, 0.6) is 0 Å². The number of hydroxylamine groups is 1. The molecule has 0 bridgehead atoms. The van der Waals surface area contributed by atoms with Crippen LogP contribution in [0.2, 0.25) is 0 Å². The summed E-state index contributed by atoms with van der Waals surface area (Å²) in [4.78, 5) is 26.4. The molecule has 29 heavy (non-hydrogen) atoms. The van der Waals surface area contributed by atoms with Gasteiger partial charge in [-0.3, -0.25) is 14.8 Å². The molecule has 2 aromatic rings. The maximum Gasteiger partial charge on any atom is 0.416 e. The summed E-state index contributed by atoms with van der Waals surface area (Å²) in [5.41, 5.74) is 3.24. The first-order valence-electron chi connectivity index (χ1n) is 9.24. The number of amides is 2. The van der Waals surface area contributed by atoms with Crippen LogP contribution in [0.1, 0.15) is 43.8 Å². The molecule has 0 radical (unpaired) electrons. The second-order valence-electron chi connectivity index (χ2n) is 7.79. The molecule has 2 N–H and O–H groups in total. The van der Waals surface area contributed by atoms with Crippen molar-refractivity contribution in [2.24, 2.45) is 5.41 Å². The third-order valence-corrected chi connectivity index (χ3v) is 5.92. The van der Waals surface area contributed by atoms with Crippen molar-refractivity contribution in [2.45, 2.75) is 25.4 Å². The van der Waals surface area contributed by atoms with Crippen molar-refractivity contribution in [1.82, 2.24) is 10.4 Å². The Labute approximate surface area is 165 Å². The highest BCUT2D eigenvalue weighted by molar-refractivity contribution is 5.96. The number of likely N-dealkylation sites (tertiary alicyclic amines) is 1. The number of carbonyl (C=O) groups excluding carboxylic acids is 2. The van der Waals surface area contributed by atoms with Crippen LogP contribution in [0.4, 0.5) is 13.2 Å². The van der Waals surface area contributed by atoms with Crippen LogP contribution in [-0.2, 0) is 19.0 Å². The molecule has 1 aliphatic heterocycles. The van der Waals surface area contributed by atoms with E-state index in [1.165, 1.54) is 12.1 Å². The maximum atomic E-state index is 12.8. The van der Waals surface area contributed by atoms with Crippen LogP contribution in [-0.4, -0.2) is 35.0 Å². The molecule has 152 valence electrons. The molecule has 1 saturated heterocycles. The van der Waals surface area contributed by atoms with Gasteiger partial charge in [0.25, 0.3) is 11.8 Å². The summed E-state index contributed by atoms with van der Waals surface area (Å²) in [5, 5.41) is 8.96. The number of nitrogens with zero attached hydrogens (tertiary/aromatic N) is 1. The van der Waals surface area contributed by atoms with E-state index in [0.717, 1.165) is 29.7 Å². The number of fused-ring (bicyclic) bond motifs is 1. The van der Waals surface area contributed by atoms with E-state index in [-0.39, 0.29) is 16.9 Å². The summed E-state index contributed by atoms with van der Waals surface area (Å²) in [6.45, 7) is 0.983. The summed E-state index contributed by atoms with van der Waals surface area (Å²) in [5.74, 6) is -0.852. The van der Waals surface area contributed by atoms with Crippen molar-refractivity contribution in [1.29, 1.82) is 0 Å². The smallest absolute Gasteiger partial charge is 0.338 e. The minimum absolute atomic E-state index is 0.199. The summed E-state index contributed by atoms with van der Waals surface area (Å²) >= 11 is 0. The highest BCUT2D eigenvalue weighted by atomic mass is 19.4. The minimum Gasteiger partial charge on any atom is -0.338 e. The third-order valence-electron chi connectivity index (χ3n) is 5.92. The first-order chi connectivity index (χ1) is 13.7. The molecule has 2 aromatic carbocycles. The van der Waals surface area contributed by atoms with Gasteiger partial charge in [-0.25, -0.2) is 5.48 Å².